The highest BCUT2D eigenvalue weighted by Crippen LogP contribution is 2.24. The summed E-state index contributed by atoms with van der Waals surface area (Å²) in [4.78, 5) is 37.9. The summed E-state index contributed by atoms with van der Waals surface area (Å²) in [7, 11) is 0. The van der Waals surface area contributed by atoms with Crippen molar-refractivity contribution in [3.63, 3.8) is 0 Å². The fourth-order valence-electron chi connectivity index (χ4n) is 3.37. The third-order valence-corrected chi connectivity index (χ3v) is 4.90. The Balaban J connectivity index is 1.49. The van der Waals surface area contributed by atoms with Gasteiger partial charge in [-0.25, -0.2) is 14.4 Å². The summed E-state index contributed by atoms with van der Waals surface area (Å²) in [6, 6.07) is 7.73. The zero-order valence-corrected chi connectivity index (χ0v) is 19.2. The third kappa shape index (κ3) is 6.38. The van der Waals surface area contributed by atoms with Crippen LogP contribution in [0.25, 0.3) is 0 Å². The Hall–Kier alpha value is -3.23. The normalized spacial score (nSPS) is 19.0. The van der Waals surface area contributed by atoms with Crippen LogP contribution in [0.5, 0.6) is 0 Å². The van der Waals surface area contributed by atoms with Gasteiger partial charge < -0.3 is 29.7 Å². The summed E-state index contributed by atoms with van der Waals surface area (Å²) in [5, 5.41) is 6.39. The van der Waals surface area contributed by atoms with Crippen LogP contribution in [0.3, 0.4) is 0 Å². The predicted octanol–water partition coefficient (Wildman–Crippen LogP) is 3.63. The Labute approximate surface area is 188 Å². The number of amides is 1. The number of hydrogen-bond donors (Lipinski definition) is 2. The number of benzene rings is 1. The van der Waals surface area contributed by atoms with Gasteiger partial charge >= 0.3 is 18.0 Å². The average molecular weight is 446 g/mol. The number of nitrogens with zero attached hydrogens (tertiary/aromatic N) is 1. The maximum Gasteiger partial charge on any atom is 0.410 e. The Morgan fingerprint density at radius 1 is 1.06 bits per heavy atom. The van der Waals surface area contributed by atoms with Crippen LogP contribution in [0.1, 0.15) is 47.5 Å². The van der Waals surface area contributed by atoms with Crippen molar-refractivity contribution < 1.29 is 28.6 Å². The number of rotatable bonds is 4. The lowest BCUT2D eigenvalue weighted by Gasteiger charge is -2.34. The number of cyclic esters (lactones) is 2. The maximum absolute atomic E-state index is 12.2. The standard InChI is InChI=1S/C23H31N3O6/c1-22(2,3)32-21(29)26-12-10-17(11-13-26)25-16-8-6-15(7-9-16)24-14-18-19(27)30-23(4,5)31-20(18)28/h6-9,14,17,24-25H,10-13H2,1-5H3. The van der Waals surface area contributed by atoms with Crippen molar-refractivity contribution in [3.05, 3.63) is 36.0 Å². The Morgan fingerprint density at radius 2 is 1.59 bits per heavy atom. The smallest absolute Gasteiger partial charge is 0.410 e. The second-order valence-electron chi connectivity index (χ2n) is 9.34. The van der Waals surface area contributed by atoms with Crippen molar-refractivity contribution >= 4 is 29.4 Å². The van der Waals surface area contributed by atoms with Crippen LogP contribution in [0.15, 0.2) is 36.0 Å². The number of nitrogens with one attached hydrogen (secondary N) is 2. The second-order valence-corrected chi connectivity index (χ2v) is 9.34. The van der Waals surface area contributed by atoms with Crippen molar-refractivity contribution in [1.29, 1.82) is 0 Å². The lowest BCUT2D eigenvalue weighted by Crippen LogP contribution is -2.44. The maximum atomic E-state index is 12.2. The molecule has 2 fully saturated rings. The van der Waals surface area contributed by atoms with Gasteiger partial charge in [0.2, 0.25) is 0 Å². The molecule has 0 spiro atoms. The van der Waals surface area contributed by atoms with Gasteiger partial charge in [0, 0.05) is 50.6 Å². The largest absolute Gasteiger partial charge is 0.444 e. The zero-order chi connectivity index (χ0) is 23.5. The molecule has 2 aliphatic rings. The summed E-state index contributed by atoms with van der Waals surface area (Å²) >= 11 is 0. The van der Waals surface area contributed by atoms with Crippen LogP contribution in [0.4, 0.5) is 16.2 Å². The number of anilines is 2. The van der Waals surface area contributed by atoms with E-state index in [2.05, 4.69) is 10.6 Å². The van der Waals surface area contributed by atoms with E-state index in [0.29, 0.717) is 18.8 Å². The molecule has 2 heterocycles. The lowest BCUT2D eigenvalue weighted by molar-refractivity contribution is -0.222. The number of likely N-dealkylation sites (tertiary alicyclic amines) is 1. The number of esters is 2. The quantitative estimate of drug-likeness (QED) is 0.411. The summed E-state index contributed by atoms with van der Waals surface area (Å²) < 4.78 is 15.6. The molecule has 0 bridgehead atoms. The molecular formula is C23H31N3O6. The first-order valence-corrected chi connectivity index (χ1v) is 10.7. The van der Waals surface area contributed by atoms with Gasteiger partial charge in [0.05, 0.1) is 0 Å². The van der Waals surface area contributed by atoms with Crippen LogP contribution in [0.2, 0.25) is 0 Å². The van der Waals surface area contributed by atoms with Gasteiger partial charge in [0.25, 0.3) is 5.79 Å². The number of carbonyl (C=O) groups excluding carboxylic acids is 3. The molecule has 0 aliphatic carbocycles. The van der Waals surface area contributed by atoms with Crippen LogP contribution >= 0.6 is 0 Å². The topological polar surface area (TPSA) is 106 Å². The van der Waals surface area contributed by atoms with Crippen LogP contribution < -0.4 is 10.6 Å². The van der Waals surface area contributed by atoms with Crippen LogP contribution in [-0.2, 0) is 23.8 Å². The van der Waals surface area contributed by atoms with E-state index < -0.39 is 23.3 Å². The van der Waals surface area contributed by atoms with Crippen molar-refractivity contribution in [3.8, 4) is 0 Å². The van der Waals surface area contributed by atoms with Gasteiger partial charge in [-0.15, -0.1) is 0 Å². The molecule has 0 aromatic heterocycles. The van der Waals surface area contributed by atoms with Crippen LogP contribution in [0, 0.1) is 0 Å². The Bertz CT molecular complexity index is 871. The van der Waals surface area contributed by atoms with E-state index in [4.69, 9.17) is 14.2 Å². The number of ether oxygens (including phenoxy) is 3. The minimum absolute atomic E-state index is 0.191. The van der Waals surface area contributed by atoms with E-state index in [1.54, 1.807) is 4.90 Å². The third-order valence-electron chi connectivity index (χ3n) is 4.90. The summed E-state index contributed by atoms with van der Waals surface area (Å²) in [6.45, 7) is 9.87. The fraction of sp³-hybridized carbons (Fsp3) is 0.522. The molecule has 9 heteroatoms. The van der Waals surface area contributed by atoms with E-state index in [9.17, 15) is 14.4 Å². The zero-order valence-electron chi connectivity index (χ0n) is 19.2. The first-order chi connectivity index (χ1) is 14.9. The molecule has 1 amide bonds. The summed E-state index contributed by atoms with van der Waals surface area (Å²) in [6.07, 6.45) is 2.67. The van der Waals surface area contributed by atoms with Gasteiger partial charge in [-0.3, -0.25) is 0 Å². The lowest BCUT2D eigenvalue weighted by atomic mass is 10.0. The van der Waals surface area contributed by atoms with Crippen molar-refractivity contribution in [2.24, 2.45) is 0 Å². The van der Waals surface area contributed by atoms with E-state index in [-0.39, 0.29) is 17.7 Å². The van der Waals surface area contributed by atoms with Crippen molar-refractivity contribution in [1.82, 2.24) is 4.90 Å². The molecule has 1 aromatic carbocycles. The molecule has 2 saturated heterocycles. The first kappa shape index (κ1) is 23.4. The second kappa shape index (κ2) is 9.10. The van der Waals surface area contributed by atoms with Crippen molar-refractivity contribution in [2.45, 2.75) is 64.9 Å². The van der Waals surface area contributed by atoms with Crippen molar-refractivity contribution in [2.75, 3.05) is 23.7 Å². The van der Waals surface area contributed by atoms with Crippen LogP contribution in [-0.4, -0.2) is 53.5 Å². The SMILES string of the molecule is CC(C)(C)OC(=O)N1CCC(Nc2ccc(NC=C3C(=O)OC(C)(C)OC3=O)cc2)CC1. The number of hydrogen-bond acceptors (Lipinski definition) is 8. The van der Waals surface area contributed by atoms with E-state index in [1.807, 2.05) is 45.0 Å². The first-order valence-electron chi connectivity index (χ1n) is 10.7. The molecule has 0 atom stereocenters. The molecule has 3 rings (SSSR count). The number of carbonyl (C=O) groups is 3. The predicted molar refractivity (Wildman–Crippen MR) is 119 cm³/mol. The molecular weight excluding hydrogens is 414 g/mol. The van der Waals surface area contributed by atoms with E-state index in [0.717, 1.165) is 18.5 Å². The van der Waals surface area contributed by atoms with Gasteiger partial charge in [-0.1, -0.05) is 0 Å². The van der Waals surface area contributed by atoms with Gasteiger partial charge in [0.15, 0.2) is 5.57 Å². The highest BCUT2D eigenvalue weighted by atomic mass is 16.7. The van der Waals surface area contributed by atoms with Gasteiger partial charge in [-0.2, -0.15) is 0 Å². The van der Waals surface area contributed by atoms with E-state index >= 15 is 0 Å². The van der Waals surface area contributed by atoms with Gasteiger partial charge in [0.1, 0.15) is 5.60 Å². The summed E-state index contributed by atoms with van der Waals surface area (Å²) in [5.41, 5.74) is 0.959. The average Bonchev–Trinajstić information content (AvgIpc) is 2.67. The minimum atomic E-state index is -1.26. The molecule has 0 saturated carbocycles. The monoisotopic (exact) mass is 445 g/mol. The minimum Gasteiger partial charge on any atom is -0.444 e. The van der Waals surface area contributed by atoms with E-state index in [1.165, 1.54) is 20.0 Å². The van der Waals surface area contributed by atoms with Gasteiger partial charge in [-0.05, 0) is 57.9 Å². The summed E-state index contributed by atoms with van der Waals surface area (Å²) in [5.74, 6) is -2.72. The Morgan fingerprint density at radius 3 is 2.12 bits per heavy atom. The molecule has 1 aromatic rings. The molecule has 9 nitrogen and oxygen atoms in total. The highest BCUT2D eigenvalue weighted by molar-refractivity contribution is 6.15. The molecule has 2 N–H and O–H groups in total. The number of piperidine rings is 1. The molecule has 0 unspecified atom stereocenters. The fourth-order valence-corrected chi connectivity index (χ4v) is 3.37. The molecule has 174 valence electrons. The molecule has 2 aliphatic heterocycles. The highest BCUT2D eigenvalue weighted by Gasteiger charge is 2.39. The molecule has 32 heavy (non-hydrogen) atoms. The Kier molecular flexibility index (Phi) is 6.66. The molecule has 0 radical (unpaired) electrons.